The normalized spacial score (nSPS) is 11.7. The molecular formula is C13H13BrClNO3S2. The Morgan fingerprint density at radius 1 is 1.33 bits per heavy atom. The summed E-state index contributed by atoms with van der Waals surface area (Å²) in [4.78, 5) is 0. The highest BCUT2D eigenvalue weighted by Crippen LogP contribution is 2.32. The lowest BCUT2D eigenvalue weighted by Crippen LogP contribution is -2.12. The Balaban J connectivity index is 2.24. The summed E-state index contributed by atoms with van der Waals surface area (Å²) >= 11 is 10.4. The lowest BCUT2D eigenvalue weighted by Gasteiger charge is -2.13. The molecule has 0 unspecified atom stereocenters. The third-order valence-electron chi connectivity index (χ3n) is 2.38. The summed E-state index contributed by atoms with van der Waals surface area (Å²) in [6.45, 7) is 3.78. The molecule has 1 aromatic carbocycles. The van der Waals surface area contributed by atoms with Gasteiger partial charge in [0.25, 0.3) is 10.0 Å². The number of ether oxygens (including phenoxy) is 1. The SMILES string of the molecule is CC(C)Oc1ccc(NS(=O)(=O)c2sccc2Br)cc1Cl. The van der Waals surface area contributed by atoms with Gasteiger partial charge in [-0.25, -0.2) is 8.42 Å². The lowest BCUT2D eigenvalue weighted by molar-refractivity contribution is 0.242. The highest BCUT2D eigenvalue weighted by Gasteiger charge is 2.19. The van der Waals surface area contributed by atoms with Gasteiger partial charge in [-0.2, -0.15) is 0 Å². The summed E-state index contributed by atoms with van der Waals surface area (Å²) in [5, 5.41) is 2.06. The molecule has 1 heterocycles. The average Bonchev–Trinajstić information content (AvgIpc) is 2.79. The van der Waals surface area contributed by atoms with E-state index in [9.17, 15) is 8.42 Å². The maximum Gasteiger partial charge on any atom is 0.272 e. The fourth-order valence-electron chi connectivity index (χ4n) is 1.59. The highest BCUT2D eigenvalue weighted by atomic mass is 79.9. The molecule has 0 aliphatic carbocycles. The fraction of sp³-hybridized carbons (Fsp3) is 0.231. The van der Waals surface area contributed by atoms with Gasteiger partial charge < -0.3 is 4.74 Å². The van der Waals surface area contributed by atoms with Crippen LogP contribution >= 0.6 is 38.9 Å². The van der Waals surface area contributed by atoms with E-state index in [1.165, 1.54) is 6.07 Å². The van der Waals surface area contributed by atoms with Crippen molar-refractivity contribution in [1.29, 1.82) is 0 Å². The van der Waals surface area contributed by atoms with E-state index in [0.29, 0.717) is 20.9 Å². The minimum Gasteiger partial charge on any atom is -0.489 e. The average molecular weight is 411 g/mol. The van der Waals surface area contributed by atoms with Crippen molar-refractivity contribution in [1.82, 2.24) is 0 Å². The van der Waals surface area contributed by atoms with Gasteiger partial charge in [0.1, 0.15) is 5.75 Å². The number of thiophene rings is 1. The van der Waals surface area contributed by atoms with Crippen LogP contribution in [-0.2, 0) is 10.0 Å². The van der Waals surface area contributed by atoms with Crippen LogP contribution in [0.25, 0.3) is 0 Å². The van der Waals surface area contributed by atoms with Crippen LogP contribution in [0.4, 0.5) is 5.69 Å². The maximum absolute atomic E-state index is 12.3. The maximum atomic E-state index is 12.3. The van der Waals surface area contributed by atoms with E-state index in [1.807, 2.05) is 13.8 Å². The van der Waals surface area contributed by atoms with Crippen LogP contribution in [-0.4, -0.2) is 14.5 Å². The Hall–Kier alpha value is -0.760. The zero-order valence-electron chi connectivity index (χ0n) is 11.3. The number of rotatable bonds is 5. The van der Waals surface area contributed by atoms with Crippen molar-refractivity contribution in [3.63, 3.8) is 0 Å². The summed E-state index contributed by atoms with van der Waals surface area (Å²) in [5.74, 6) is 0.520. The van der Waals surface area contributed by atoms with Gasteiger partial charge in [-0.15, -0.1) is 11.3 Å². The predicted molar refractivity (Wildman–Crippen MR) is 90.0 cm³/mol. The number of nitrogens with one attached hydrogen (secondary N) is 1. The van der Waals surface area contributed by atoms with E-state index >= 15 is 0 Å². The van der Waals surface area contributed by atoms with Crippen molar-refractivity contribution in [2.75, 3.05) is 4.72 Å². The highest BCUT2D eigenvalue weighted by molar-refractivity contribution is 9.10. The molecule has 114 valence electrons. The third kappa shape index (κ3) is 4.12. The molecule has 0 bridgehead atoms. The Bertz CT molecular complexity index is 744. The van der Waals surface area contributed by atoms with Crippen molar-refractivity contribution in [3.8, 4) is 5.75 Å². The number of anilines is 1. The number of halogens is 2. The van der Waals surface area contributed by atoms with Gasteiger partial charge in [0.15, 0.2) is 4.21 Å². The largest absolute Gasteiger partial charge is 0.489 e. The number of benzene rings is 1. The minimum absolute atomic E-state index is 0.00730. The van der Waals surface area contributed by atoms with Gasteiger partial charge in [-0.3, -0.25) is 4.72 Å². The Kier molecular flexibility index (Phi) is 5.19. The number of hydrogen-bond acceptors (Lipinski definition) is 4. The third-order valence-corrected chi connectivity index (χ3v) is 6.72. The Morgan fingerprint density at radius 3 is 2.57 bits per heavy atom. The van der Waals surface area contributed by atoms with Crippen LogP contribution in [0.1, 0.15) is 13.8 Å². The molecule has 1 aromatic heterocycles. The van der Waals surface area contributed by atoms with E-state index in [2.05, 4.69) is 20.7 Å². The fourth-order valence-corrected chi connectivity index (χ4v) is 5.20. The molecule has 0 spiro atoms. The summed E-state index contributed by atoms with van der Waals surface area (Å²) < 4.78 is 33.3. The molecule has 4 nitrogen and oxygen atoms in total. The quantitative estimate of drug-likeness (QED) is 0.773. The zero-order chi connectivity index (χ0) is 15.6. The standard InChI is InChI=1S/C13H13BrClNO3S2/c1-8(2)19-12-4-3-9(7-11(12)15)16-21(17,18)13-10(14)5-6-20-13/h3-8,16H,1-2H3. The molecule has 2 aromatic rings. The zero-order valence-corrected chi connectivity index (χ0v) is 15.2. The van der Waals surface area contributed by atoms with Gasteiger partial charge in [0, 0.05) is 4.47 Å². The van der Waals surface area contributed by atoms with Gasteiger partial charge in [0.05, 0.1) is 16.8 Å². The van der Waals surface area contributed by atoms with Gasteiger partial charge in [0.2, 0.25) is 0 Å². The monoisotopic (exact) mass is 409 g/mol. The van der Waals surface area contributed by atoms with Crippen molar-refractivity contribution < 1.29 is 13.2 Å². The first-order chi connectivity index (χ1) is 9.79. The lowest BCUT2D eigenvalue weighted by atomic mass is 10.3. The summed E-state index contributed by atoms with van der Waals surface area (Å²) in [7, 11) is -3.63. The molecule has 0 aliphatic heterocycles. The predicted octanol–water partition coefficient (Wildman–Crippen LogP) is 4.75. The Morgan fingerprint density at radius 2 is 2.05 bits per heavy atom. The molecule has 0 saturated heterocycles. The second-order valence-corrected chi connectivity index (χ2v) is 8.53. The summed E-state index contributed by atoms with van der Waals surface area (Å²) in [6.07, 6.45) is -0.00730. The topological polar surface area (TPSA) is 55.4 Å². The van der Waals surface area contributed by atoms with E-state index in [0.717, 1.165) is 11.3 Å². The van der Waals surface area contributed by atoms with Crippen LogP contribution in [0, 0.1) is 0 Å². The van der Waals surface area contributed by atoms with Crippen LogP contribution < -0.4 is 9.46 Å². The van der Waals surface area contributed by atoms with Crippen LogP contribution in [0.15, 0.2) is 38.3 Å². The molecule has 0 atom stereocenters. The molecular weight excluding hydrogens is 398 g/mol. The first kappa shape index (κ1) is 16.6. The molecule has 0 amide bonds. The van der Waals surface area contributed by atoms with Gasteiger partial charge in [-0.05, 0) is 59.4 Å². The number of sulfonamides is 1. The second kappa shape index (κ2) is 6.56. The van der Waals surface area contributed by atoms with Crippen molar-refractivity contribution in [2.24, 2.45) is 0 Å². The Labute approximate surface area is 141 Å². The van der Waals surface area contributed by atoms with E-state index in [4.69, 9.17) is 16.3 Å². The van der Waals surface area contributed by atoms with Crippen molar-refractivity contribution >= 4 is 54.6 Å². The first-order valence-corrected chi connectivity index (χ1v) is 9.55. The van der Waals surface area contributed by atoms with Crippen LogP contribution in [0.2, 0.25) is 5.02 Å². The molecule has 1 N–H and O–H groups in total. The summed E-state index contributed by atoms with van der Waals surface area (Å²) in [6, 6.07) is 6.47. The number of hydrogen-bond donors (Lipinski definition) is 1. The first-order valence-electron chi connectivity index (χ1n) is 6.01. The van der Waals surface area contributed by atoms with Crippen LogP contribution in [0.5, 0.6) is 5.75 Å². The van der Waals surface area contributed by atoms with Crippen LogP contribution in [0.3, 0.4) is 0 Å². The van der Waals surface area contributed by atoms with Crippen molar-refractivity contribution in [3.05, 3.63) is 39.1 Å². The van der Waals surface area contributed by atoms with E-state index in [1.54, 1.807) is 23.6 Å². The molecule has 2 rings (SSSR count). The second-order valence-electron chi connectivity index (χ2n) is 4.47. The summed E-state index contributed by atoms with van der Waals surface area (Å²) in [5.41, 5.74) is 0.386. The van der Waals surface area contributed by atoms with E-state index < -0.39 is 10.0 Å². The van der Waals surface area contributed by atoms with E-state index in [-0.39, 0.29) is 10.3 Å². The molecule has 0 fully saturated rings. The van der Waals surface area contributed by atoms with Gasteiger partial charge in [-0.1, -0.05) is 11.6 Å². The molecule has 0 radical (unpaired) electrons. The smallest absolute Gasteiger partial charge is 0.272 e. The van der Waals surface area contributed by atoms with Gasteiger partial charge >= 0.3 is 0 Å². The van der Waals surface area contributed by atoms with Crippen molar-refractivity contribution in [2.45, 2.75) is 24.2 Å². The molecule has 8 heteroatoms. The molecule has 0 saturated carbocycles. The molecule has 21 heavy (non-hydrogen) atoms. The molecule has 0 aliphatic rings. The minimum atomic E-state index is -3.63.